The molecule has 0 fully saturated rings. The standard InChI is InChI=1S/C20H18N4O3S/c1-11-10-21-8-9-24-20(26)13-5-2-4-12(18(13)28-24)16-19(25)22-14-6-3-7-15(27-11)17(14)23-16/h2-7,11,21H,8-10H2,1H3,(H,22,25)/t11-/m1/s1. The van der Waals surface area contributed by atoms with E-state index in [-0.39, 0.29) is 17.2 Å². The minimum Gasteiger partial charge on any atom is -0.487 e. The number of hydrogen-bond donors (Lipinski definition) is 2. The molecule has 0 saturated heterocycles. The van der Waals surface area contributed by atoms with E-state index in [0.29, 0.717) is 53.1 Å². The van der Waals surface area contributed by atoms with Crippen LogP contribution in [0.1, 0.15) is 6.92 Å². The van der Waals surface area contributed by atoms with Crippen LogP contribution in [0.5, 0.6) is 5.75 Å². The van der Waals surface area contributed by atoms with Gasteiger partial charge in [-0.3, -0.25) is 13.5 Å². The van der Waals surface area contributed by atoms with Gasteiger partial charge in [0.2, 0.25) is 0 Å². The topological polar surface area (TPSA) is 89.0 Å². The van der Waals surface area contributed by atoms with Crippen molar-refractivity contribution in [2.24, 2.45) is 0 Å². The first-order valence-corrected chi connectivity index (χ1v) is 9.93. The molecule has 1 atom stereocenters. The van der Waals surface area contributed by atoms with Gasteiger partial charge in [-0.05, 0) is 25.1 Å². The van der Waals surface area contributed by atoms with Gasteiger partial charge in [0, 0.05) is 25.2 Å². The summed E-state index contributed by atoms with van der Waals surface area (Å²) in [7, 11) is 0. The van der Waals surface area contributed by atoms with Crippen LogP contribution in [0.15, 0.2) is 46.0 Å². The Morgan fingerprint density at radius 1 is 1.21 bits per heavy atom. The first-order chi connectivity index (χ1) is 13.6. The van der Waals surface area contributed by atoms with Crippen molar-refractivity contribution >= 4 is 32.7 Å². The summed E-state index contributed by atoms with van der Waals surface area (Å²) in [6, 6.07) is 10.9. The predicted molar refractivity (Wildman–Crippen MR) is 110 cm³/mol. The number of fused-ring (bicyclic) bond motifs is 3. The van der Waals surface area contributed by atoms with Gasteiger partial charge in [-0.1, -0.05) is 29.7 Å². The third-order valence-corrected chi connectivity index (χ3v) is 6.06. The highest BCUT2D eigenvalue weighted by Gasteiger charge is 2.18. The molecule has 28 heavy (non-hydrogen) atoms. The highest BCUT2D eigenvalue weighted by molar-refractivity contribution is 7.14. The van der Waals surface area contributed by atoms with Crippen LogP contribution in [0.2, 0.25) is 0 Å². The number of rotatable bonds is 0. The minimum absolute atomic E-state index is 0.0410. The molecule has 1 aliphatic heterocycles. The fraction of sp³-hybridized carbons (Fsp3) is 0.250. The Balaban J connectivity index is 1.85. The number of ether oxygens (including phenoxy) is 1. The van der Waals surface area contributed by atoms with Crippen LogP contribution in [0.4, 0.5) is 0 Å². The Labute approximate surface area is 163 Å². The molecule has 0 spiro atoms. The molecule has 0 amide bonds. The second kappa shape index (κ2) is 6.57. The molecule has 0 unspecified atom stereocenters. The largest absolute Gasteiger partial charge is 0.487 e. The molecular formula is C20H18N4O3S. The van der Waals surface area contributed by atoms with Gasteiger partial charge in [-0.2, -0.15) is 0 Å². The maximum atomic E-state index is 12.8. The van der Waals surface area contributed by atoms with E-state index in [2.05, 4.69) is 15.3 Å². The van der Waals surface area contributed by atoms with Crippen molar-refractivity contribution in [2.45, 2.75) is 19.6 Å². The molecule has 1 aliphatic rings. The number of aromatic amines is 1. The number of nitrogens with zero attached hydrogens (tertiary/aromatic N) is 2. The summed E-state index contributed by atoms with van der Waals surface area (Å²) in [6.07, 6.45) is -0.0933. The lowest BCUT2D eigenvalue weighted by Crippen LogP contribution is -2.32. The molecule has 2 N–H and O–H groups in total. The van der Waals surface area contributed by atoms with E-state index in [1.807, 2.05) is 31.2 Å². The van der Waals surface area contributed by atoms with Gasteiger partial charge in [-0.15, -0.1) is 0 Å². The third-order valence-electron chi connectivity index (χ3n) is 4.87. The first kappa shape index (κ1) is 17.2. The number of nitrogens with one attached hydrogen (secondary N) is 2. The van der Waals surface area contributed by atoms with Crippen LogP contribution in [-0.4, -0.2) is 33.1 Å². The van der Waals surface area contributed by atoms with E-state index in [0.717, 1.165) is 4.70 Å². The Morgan fingerprint density at radius 3 is 2.96 bits per heavy atom. The van der Waals surface area contributed by atoms with Crippen molar-refractivity contribution in [3.05, 3.63) is 57.1 Å². The van der Waals surface area contributed by atoms with Crippen LogP contribution in [0.3, 0.4) is 0 Å². The van der Waals surface area contributed by atoms with E-state index >= 15 is 0 Å². The smallest absolute Gasteiger partial charge is 0.275 e. The Morgan fingerprint density at radius 2 is 2.07 bits per heavy atom. The van der Waals surface area contributed by atoms with Crippen molar-refractivity contribution in [3.8, 4) is 17.0 Å². The monoisotopic (exact) mass is 394 g/mol. The lowest BCUT2D eigenvalue weighted by atomic mass is 10.1. The summed E-state index contributed by atoms with van der Waals surface area (Å²) < 4.78 is 8.57. The predicted octanol–water partition coefficient (Wildman–Crippen LogP) is 2.34. The fourth-order valence-corrected chi connectivity index (χ4v) is 4.63. The van der Waals surface area contributed by atoms with E-state index in [9.17, 15) is 9.59 Å². The average molecular weight is 394 g/mol. The van der Waals surface area contributed by atoms with Gasteiger partial charge in [0.1, 0.15) is 23.1 Å². The second-order valence-corrected chi connectivity index (χ2v) is 7.91. The van der Waals surface area contributed by atoms with Crippen molar-refractivity contribution in [3.63, 3.8) is 0 Å². The molecule has 0 saturated carbocycles. The number of para-hydroxylation sites is 1. The molecule has 7 nitrogen and oxygen atoms in total. The van der Waals surface area contributed by atoms with Crippen LogP contribution in [-0.2, 0) is 6.54 Å². The number of benzene rings is 2. The van der Waals surface area contributed by atoms with Crippen LogP contribution in [0.25, 0.3) is 32.4 Å². The Bertz CT molecular complexity index is 1320. The Kier molecular flexibility index (Phi) is 4.03. The normalized spacial score (nSPS) is 17.1. The van der Waals surface area contributed by atoms with E-state index in [1.165, 1.54) is 11.5 Å². The summed E-state index contributed by atoms with van der Waals surface area (Å²) in [5.41, 5.74) is 1.85. The summed E-state index contributed by atoms with van der Waals surface area (Å²) in [4.78, 5) is 33.1. The van der Waals surface area contributed by atoms with Crippen LogP contribution >= 0.6 is 11.5 Å². The van der Waals surface area contributed by atoms with Crippen molar-refractivity contribution in [1.29, 1.82) is 0 Å². The highest BCUT2D eigenvalue weighted by Crippen LogP contribution is 2.30. The summed E-state index contributed by atoms with van der Waals surface area (Å²) >= 11 is 1.37. The van der Waals surface area contributed by atoms with Gasteiger partial charge in [-0.25, -0.2) is 4.98 Å². The molecule has 4 bridgehead atoms. The summed E-state index contributed by atoms with van der Waals surface area (Å²) in [5.74, 6) is 0.624. The number of aromatic nitrogens is 3. The zero-order valence-corrected chi connectivity index (χ0v) is 16.0. The summed E-state index contributed by atoms with van der Waals surface area (Å²) in [5, 5.41) is 3.95. The molecule has 8 heteroatoms. The third kappa shape index (κ3) is 2.73. The number of hydrogen-bond acceptors (Lipinski definition) is 6. The van der Waals surface area contributed by atoms with Gasteiger partial charge in [0.05, 0.1) is 15.6 Å². The van der Waals surface area contributed by atoms with E-state index in [4.69, 9.17) is 4.74 Å². The SMILES string of the molecule is C[C@@H]1CNCCn2sc3c(cccc3c2=O)-c2nc3c(cccc3[nH]c2=O)O1. The molecule has 5 rings (SSSR count). The van der Waals surface area contributed by atoms with Gasteiger partial charge >= 0.3 is 0 Å². The lowest BCUT2D eigenvalue weighted by Gasteiger charge is -2.17. The highest BCUT2D eigenvalue weighted by atomic mass is 32.1. The Hall–Kier alpha value is -2.97. The molecule has 0 aliphatic carbocycles. The molecule has 2 aromatic heterocycles. The first-order valence-electron chi connectivity index (χ1n) is 9.15. The van der Waals surface area contributed by atoms with Crippen molar-refractivity contribution in [1.82, 2.24) is 19.2 Å². The van der Waals surface area contributed by atoms with Crippen LogP contribution < -0.4 is 21.2 Å². The van der Waals surface area contributed by atoms with Gasteiger partial charge < -0.3 is 15.0 Å². The zero-order valence-electron chi connectivity index (χ0n) is 15.2. The molecule has 4 aromatic rings. The molecule has 142 valence electrons. The van der Waals surface area contributed by atoms with E-state index in [1.54, 1.807) is 16.1 Å². The number of H-pyrrole nitrogens is 1. The molecular weight excluding hydrogens is 376 g/mol. The quantitative estimate of drug-likeness (QED) is 0.478. The maximum absolute atomic E-state index is 12.8. The fourth-order valence-electron chi connectivity index (χ4n) is 3.53. The van der Waals surface area contributed by atoms with Gasteiger partial charge in [0.15, 0.2) is 0 Å². The lowest BCUT2D eigenvalue weighted by molar-refractivity contribution is 0.219. The maximum Gasteiger partial charge on any atom is 0.275 e. The zero-order chi connectivity index (χ0) is 19.3. The molecule has 3 heterocycles. The summed E-state index contributed by atoms with van der Waals surface area (Å²) in [6.45, 7) is 3.83. The van der Waals surface area contributed by atoms with Crippen molar-refractivity contribution < 1.29 is 4.74 Å². The van der Waals surface area contributed by atoms with Crippen LogP contribution in [0, 0.1) is 0 Å². The second-order valence-electron chi connectivity index (χ2n) is 6.88. The average Bonchev–Trinajstić information content (AvgIpc) is 3.01. The molecule has 2 aromatic carbocycles. The van der Waals surface area contributed by atoms with E-state index < -0.39 is 0 Å². The molecule has 0 radical (unpaired) electrons. The van der Waals surface area contributed by atoms with Gasteiger partial charge in [0.25, 0.3) is 11.1 Å². The minimum atomic E-state index is -0.286. The van der Waals surface area contributed by atoms with Crippen molar-refractivity contribution in [2.75, 3.05) is 13.1 Å².